The minimum absolute atomic E-state index is 0.0825. The minimum atomic E-state index is -0.669. The van der Waals surface area contributed by atoms with Crippen LogP contribution in [0.15, 0.2) is 18.3 Å². The van der Waals surface area contributed by atoms with Gasteiger partial charge in [0.1, 0.15) is 0 Å². The molecule has 1 aromatic rings. The number of nitrogens with zero attached hydrogens (tertiary/aromatic N) is 1. The summed E-state index contributed by atoms with van der Waals surface area (Å²) in [5.74, 6) is 1.15. The Morgan fingerprint density at radius 1 is 1.59 bits per heavy atom. The van der Waals surface area contributed by atoms with Crippen molar-refractivity contribution in [2.24, 2.45) is 5.41 Å². The average molecular weight is 251 g/mol. The van der Waals surface area contributed by atoms with Gasteiger partial charge in [-0.15, -0.1) is 0 Å². The van der Waals surface area contributed by atoms with Gasteiger partial charge < -0.3 is 5.11 Å². The molecule has 1 aromatic heterocycles. The molecular formula is C13H17NO2S. The number of hydrogen-bond acceptors (Lipinski definition) is 3. The molecule has 4 heteroatoms. The van der Waals surface area contributed by atoms with Crippen LogP contribution in [0.3, 0.4) is 0 Å². The first-order chi connectivity index (χ1) is 8.11. The zero-order chi connectivity index (χ0) is 12.3. The summed E-state index contributed by atoms with van der Waals surface area (Å²) in [6.07, 6.45) is 4.26. The van der Waals surface area contributed by atoms with Crippen LogP contribution in [-0.4, -0.2) is 21.8 Å². The van der Waals surface area contributed by atoms with Gasteiger partial charge in [0.15, 0.2) is 0 Å². The van der Waals surface area contributed by atoms with E-state index in [0.29, 0.717) is 6.42 Å². The number of aliphatic carboxylic acids is 1. The molecule has 0 aliphatic heterocycles. The maximum atomic E-state index is 10.7. The summed E-state index contributed by atoms with van der Waals surface area (Å²) in [6, 6.07) is 4.00. The van der Waals surface area contributed by atoms with Crippen LogP contribution >= 0.6 is 11.8 Å². The molecule has 1 aliphatic carbocycles. The van der Waals surface area contributed by atoms with Gasteiger partial charge in [0.25, 0.3) is 0 Å². The molecule has 3 nitrogen and oxygen atoms in total. The highest BCUT2D eigenvalue weighted by atomic mass is 32.2. The molecule has 1 heterocycles. The fourth-order valence-corrected chi connectivity index (χ4v) is 3.32. The molecule has 0 aromatic carbocycles. The number of thioether (sulfide) groups is 1. The van der Waals surface area contributed by atoms with Gasteiger partial charge in [0, 0.05) is 11.9 Å². The van der Waals surface area contributed by atoms with Crippen LogP contribution in [0.5, 0.6) is 0 Å². The van der Waals surface area contributed by atoms with Crippen molar-refractivity contribution in [1.29, 1.82) is 0 Å². The van der Waals surface area contributed by atoms with Gasteiger partial charge >= 0.3 is 5.97 Å². The monoisotopic (exact) mass is 251 g/mol. The highest BCUT2D eigenvalue weighted by molar-refractivity contribution is 7.98. The summed E-state index contributed by atoms with van der Waals surface area (Å²) in [6.45, 7) is 2.06. The Labute approximate surface area is 106 Å². The van der Waals surface area contributed by atoms with Crippen LogP contribution in [0, 0.1) is 12.3 Å². The third kappa shape index (κ3) is 3.46. The van der Waals surface area contributed by atoms with E-state index in [1.54, 1.807) is 11.8 Å². The van der Waals surface area contributed by atoms with E-state index < -0.39 is 5.97 Å². The lowest BCUT2D eigenvalue weighted by atomic mass is 10.1. The Morgan fingerprint density at radius 2 is 2.35 bits per heavy atom. The van der Waals surface area contributed by atoms with Gasteiger partial charge in [0.2, 0.25) is 0 Å². The normalized spacial score (nSPS) is 16.8. The lowest BCUT2D eigenvalue weighted by Crippen LogP contribution is -2.11. The van der Waals surface area contributed by atoms with Crippen molar-refractivity contribution >= 4 is 17.7 Å². The van der Waals surface area contributed by atoms with Crippen molar-refractivity contribution in [3.63, 3.8) is 0 Å². The molecule has 1 N–H and O–H groups in total. The number of carbonyl (C=O) groups is 1. The third-order valence-electron chi connectivity index (χ3n) is 3.25. The number of carboxylic acid groups (broad SMARTS) is 1. The number of carboxylic acids is 1. The highest BCUT2D eigenvalue weighted by Gasteiger charge is 2.44. The van der Waals surface area contributed by atoms with E-state index >= 15 is 0 Å². The summed E-state index contributed by atoms with van der Waals surface area (Å²) in [7, 11) is 0. The second-order valence-corrected chi connectivity index (χ2v) is 5.82. The van der Waals surface area contributed by atoms with Crippen molar-refractivity contribution in [2.75, 3.05) is 5.75 Å². The van der Waals surface area contributed by atoms with Crippen LogP contribution < -0.4 is 0 Å². The maximum Gasteiger partial charge on any atom is 0.303 e. The molecule has 1 aliphatic rings. The summed E-state index contributed by atoms with van der Waals surface area (Å²) < 4.78 is 0. The third-order valence-corrected chi connectivity index (χ3v) is 4.54. The molecule has 0 amide bonds. The van der Waals surface area contributed by atoms with Crippen LogP contribution in [0.4, 0.5) is 0 Å². The largest absolute Gasteiger partial charge is 0.481 e. The van der Waals surface area contributed by atoms with Crippen molar-refractivity contribution in [2.45, 2.75) is 31.9 Å². The average Bonchev–Trinajstić information content (AvgIpc) is 3.00. The zero-order valence-corrected chi connectivity index (χ0v) is 10.8. The quantitative estimate of drug-likeness (QED) is 0.844. The van der Waals surface area contributed by atoms with Crippen LogP contribution in [-0.2, 0) is 10.5 Å². The smallest absolute Gasteiger partial charge is 0.303 e. The van der Waals surface area contributed by atoms with Crippen LogP contribution in [0.25, 0.3) is 0 Å². The van der Waals surface area contributed by atoms with E-state index in [2.05, 4.69) is 18.0 Å². The molecule has 0 spiro atoms. The van der Waals surface area contributed by atoms with E-state index in [-0.39, 0.29) is 5.41 Å². The second kappa shape index (κ2) is 5.08. The van der Waals surface area contributed by atoms with Crippen molar-refractivity contribution in [3.8, 4) is 0 Å². The van der Waals surface area contributed by atoms with Gasteiger partial charge in [-0.2, -0.15) is 11.8 Å². The topological polar surface area (TPSA) is 50.2 Å². The molecule has 2 rings (SSSR count). The van der Waals surface area contributed by atoms with Crippen molar-refractivity contribution < 1.29 is 9.90 Å². The van der Waals surface area contributed by atoms with Gasteiger partial charge in [-0.1, -0.05) is 6.07 Å². The first-order valence-corrected chi connectivity index (χ1v) is 6.97. The number of aromatic nitrogens is 1. The predicted molar refractivity (Wildman–Crippen MR) is 69.1 cm³/mol. The van der Waals surface area contributed by atoms with Crippen molar-refractivity contribution in [3.05, 3.63) is 29.6 Å². The van der Waals surface area contributed by atoms with Gasteiger partial charge in [0.05, 0.1) is 12.1 Å². The summed E-state index contributed by atoms with van der Waals surface area (Å²) in [5, 5.41) is 8.83. The van der Waals surface area contributed by atoms with E-state index in [9.17, 15) is 4.79 Å². The highest BCUT2D eigenvalue weighted by Crippen LogP contribution is 2.51. The molecule has 1 saturated carbocycles. The number of pyridine rings is 1. The first kappa shape index (κ1) is 12.4. The van der Waals surface area contributed by atoms with Gasteiger partial charge in [-0.05, 0) is 42.6 Å². The van der Waals surface area contributed by atoms with Crippen LogP contribution in [0.1, 0.15) is 30.5 Å². The van der Waals surface area contributed by atoms with E-state index in [4.69, 9.17) is 5.11 Å². The number of aryl methyl sites for hydroxylation is 1. The molecule has 92 valence electrons. The lowest BCUT2D eigenvalue weighted by molar-refractivity contribution is -0.138. The van der Waals surface area contributed by atoms with Crippen LogP contribution in [0.2, 0.25) is 0 Å². The summed E-state index contributed by atoms with van der Waals surface area (Å²) >= 11 is 1.81. The van der Waals surface area contributed by atoms with Crippen molar-refractivity contribution in [1.82, 2.24) is 4.98 Å². The molecule has 17 heavy (non-hydrogen) atoms. The Hall–Kier alpha value is -1.03. The zero-order valence-electron chi connectivity index (χ0n) is 9.98. The lowest BCUT2D eigenvalue weighted by Gasteiger charge is -2.11. The fraction of sp³-hybridized carbons (Fsp3) is 0.538. The summed E-state index contributed by atoms with van der Waals surface area (Å²) in [5.41, 5.74) is 2.41. The van der Waals surface area contributed by atoms with Gasteiger partial charge in [-0.25, -0.2) is 0 Å². The van der Waals surface area contributed by atoms with E-state index in [1.807, 2.05) is 12.3 Å². The minimum Gasteiger partial charge on any atom is -0.481 e. The second-order valence-electron chi connectivity index (χ2n) is 4.83. The molecule has 0 atom stereocenters. The molecule has 0 bridgehead atoms. The standard InChI is InChI=1S/C13H17NO2S/c1-10-3-2-6-14-11(10)8-17-9-13(4-5-13)7-12(15)16/h2-3,6H,4-5,7-9H2,1H3,(H,15,16). The summed E-state index contributed by atoms with van der Waals surface area (Å²) in [4.78, 5) is 15.1. The Kier molecular flexibility index (Phi) is 3.72. The predicted octanol–water partition coefficient (Wildman–Crippen LogP) is 2.88. The number of hydrogen-bond donors (Lipinski definition) is 1. The Balaban J connectivity index is 1.80. The maximum absolute atomic E-state index is 10.7. The molecule has 0 unspecified atom stereocenters. The molecule has 0 radical (unpaired) electrons. The number of rotatable bonds is 6. The SMILES string of the molecule is Cc1cccnc1CSCC1(CC(=O)O)CC1. The molecule has 1 fully saturated rings. The molecular weight excluding hydrogens is 234 g/mol. The van der Waals surface area contributed by atoms with E-state index in [0.717, 1.165) is 30.0 Å². The van der Waals surface area contributed by atoms with E-state index in [1.165, 1.54) is 5.56 Å². The fourth-order valence-electron chi connectivity index (χ4n) is 1.90. The molecule has 0 saturated heterocycles. The Morgan fingerprint density at radius 3 is 2.94 bits per heavy atom. The van der Waals surface area contributed by atoms with Gasteiger partial charge in [-0.3, -0.25) is 9.78 Å². The Bertz CT molecular complexity index is 416. The first-order valence-electron chi connectivity index (χ1n) is 5.81.